The Morgan fingerprint density at radius 2 is 2.00 bits per heavy atom. The first-order valence-corrected chi connectivity index (χ1v) is 10.8. The Bertz CT molecular complexity index is 1230. The van der Waals surface area contributed by atoms with E-state index >= 15 is 0 Å². The molecule has 1 aromatic carbocycles. The minimum Gasteiger partial charge on any atom is -0.418 e. The van der Waals surface area contributed by atoms with E-state index in [0.29, 0.717) is 53.4 Å². The number of halogens is 1. The quantitative estimate of drug-likeness (QED) is 0.601. The minimum atomic E-state index is -0.539. The number of anilines is 1. The van der Waals surface area contributed by atoms with Gasteiger partial charge >= 0.3 is 6.09 Å². The average Bonchev–Trinajstić information content (AvgIpc) is 3.38. The van der Waals surface area contributed by atoms with Crippen LogP contribution < -0.4 is 4.90 Å². The summed E-state index contributed by atoms with van der Waals surface area (Å²) in [5, 5.41) is 0.640. The lowest BCUT2D eigenvalue weighted by molar-refractivity contribution is 0.0645. The molecule has 3 aromatic rings. The molecule has 0 N–H and O–H groups in total. The normalized spacial score (nSPS) is 18.0. The van der Waals surface area contributed by atoms with E-state index in [1.54, 1.807) is 17.9 Å². The number of fused-ring (bicyclic) bond motifs is 1. The van der Waals surface area contributed by atoms with E-state index in [0.717, 1.165) is 0 Å². The molecule has 32 heavy (non-hydrogen) atoms. The highest BCUT2D eigenvalue weighted by molar-refractivity contribution is 7.09. The maximum absolute atomic E-state index is 13.3. The third kappa shape index (κ3) is 3.34. The maximum atomic E-state index is 13.3. The number of ether oxygens (including phenoxy) is 1. The number of rotatable bonds is 3. The van der Waals surface area contributed by atoms with Gasteiger partial charge in [0.1, 0.15) is 11.6 Å². The number of aromatic nitrogens is 4. The average molecular weight is 454 g/mol. The van der Waals surface area contributed by atoms with Crippen molar-refractivity contribution in [2.45, 2.75) is 26.4 Å². The second kappa shape index (κ2) is 7.83. The smallest absolute Gasteiger partial charge is 0.418 e. The zero-order valence-corrected chi connectivity index (χ0v) is 18.2. The molecule has 164 valence electrons. The van der Waals surface area contributed by atoms with E-state index in [1.165, 1.54) is 47.0 Å². The lowest BCUT2D eigenvalue weighted by atomic mass is 10.1. The second-order valence-electron chi connectivity index (χ2n) is 7.49. The molecule has 0 aliphatic carbocycles. The Morgan fingerprint density at radius 3 is 2.69 bits per heavy atom. The van der Waals surface area contributed by atoms with E-state index < -0.39 is 18.0 Å². The third-order valence-electron chi connectivity index (χ3n) is 5.52. The Labute approximate surface area is 186 Å². The van der Waals surface area contributed by atoms with Gasteiger partial charge < -0.3 is 14.2 Å². The molecule has 4 heterocycles. The summed E-state index contributed by atoms with van der Waals surface area (Å²) in [5.41, 5.74) is 1.11. The summed E-state index contributed by atoms with van der Waals surface area (Å²) >= 11 is 1.23. The SMILES string of the molecule is Cc1nsc(-c2nc(N3CC=COC3=O)c3n2CCN(C(=O)c2ccc(F)cc2)[C@@H]3C)n1. The van der Waals surface area contributed by atoms with Gasteiger partial charge in [-0.3, -0.25) is 9.69 Å². The number of carbonyl (C=O) groups is 2. The van der Waals surface area contributed by atoms with Crippen molar-refractivity contribution in [2.75, 3.05) is 18.0 Å². The number of hydrogen-bond acceptors (Lipinski definition) is 7. The Kier molecular flexibility index (Phi) is 4.97. The van der Waals surface area contributed by atoms with Crippen LogP contribution in [0, 0.1) is 12.7 Å². The highest BCUT2D eigenvalue weighted by Gasteiger charge is 2.37. The summed E-state index contributed by atoms with van der Waals surface area (Å²) in [6, 6.07) is 5.08. The molecule has 2 aromatic heterocycles. The van der Waals surface area contributed by atoms with Crippen molar-refractivity contribution in [1.29, 1.82) is 0 Å². The van der Waals surface area contributed by atoms with E-state index in [1.807, 2.05) is 11.5 Å². The molecule has 2 aliphatic heterocycles. The van der Waals surface area contributed by atoms with Crippen LogP contribution in [-0.4, -0.2) is 48.9 Å². The first kappa shape index (κ1) is 20.3. The predicted octanol–water partition coefficient (Wildman–Crippen LogP) is 3.54. The Morgan fingerprint density at radius 1 is 1.22 bits per heavy atom. The summed E-state index contributed by atoms with van der Waals surface area (Å²) in [6.45, 7) is 4.88. The van der Waals surface area contributed by atoms with E-state index in [4.69, 9.17) is 9.72 Å². The van der Waals surface area contributed by atoms with Crippen LogP contribution in [0.3, 0.4) is 0 Å². The molecule has 5 rings (SSSR count). The standard InChI is InChI=1S/C21H19FN6O3S/c1-12-16-17(28-8-3-11-31-21(28)30)24-18(19-23-13(2)25-32-19)27(16)10-9-26(12)20(29)14-4-6-15(22)7-5-14/h3-7,11-12H,8-10H2,1-2H3/t12-/m1/s1. The molecule has 0 fully saturated rings. The molecule has 0 saturated carbocycles. The van der Waals surface area contributed by atoms with Gasteiger partial charge in [0.2, 0.25) is 0 Å². The van der Waals surface area contributed by atoms with Crippen molar-refractivity contribution in [1.82, 2.24) is 23.8 Å². The Balaban J connectivity index is 1.59. The van der Waals surface area contributed by atoms with Crippen LogP contribution in [0.4, 0.5) is 15.0 Å². The van der Waals surface area contributed by atoms with Crippen molar-refractivity contribution in [3.63, 3.8) is 0 Å². The highest BCUT2D eigenvalue weighted by atomic mass is 32.1. The third-order valence-corrected chi connectivity index (χ3v) is 6.32. The summed E-state index contributed by atoms with van der Waals surface area (Å²) in [4.78, 5) is 38.0. The molecule has 0 unspecified atom stereocenters. The van der Waals surface area contributed by atoms with Gasteiger partial charge in [0.25, 0.3) is 5.91 Å². The number of imidazole rings is 1. The monoisotopic (exact) mass is 454 g/mol. The number of carbonyl (C=O) groups excluding carboxylic acids is 2. The fourth-order valence-corrected chi connectivity index (χ4v) is 4.66. The van der Waals surface area contributed by atoms with Gasteiger partial charge in [0, 0.05) is 18.7 Å². The van der Waals surface area contributed by atoms with Crippen molar-refractivity contribution in [2.24, 2.45) is 0 Å². The van der Waals surface area contributed by atoms with Crippen LogP contribution in [0.15, 0.2) is 36.6 Å². The number of cyclic esters (lactones) is 1. The molecule has 2 amide bonds. The number of benzene rings is 1. The lowest BCUT2D eigenvalue weighted by Crippen LogP contribution is -2.42. The van der Waals surface area contributed by atoms with Crippen LogP contribution in [0.5, 0.6) is 0 Å². The molecule has 2 aliphatic rings. The molecule has 0 saturated heterocycles. The number of aryl methyl sites for hydroxylation is 1. The van der Waals surface area contributed by atoms with Gasteiger partial charge in [-0.25, -0.2) is 19.2 Å². The molecule has 9 nitrogen and oxygen atoms in total. The molecule has 0 spiro atoms. The fourth-order valence-electron chi connectivity index (χ4n) is 3.99. The summed E-state index contributed by atoms with van der Waals surface area (Å²) in [6.07, 6.45) is 2.53. The predicted molar refractivity (Wildman–Crippen MR) is 115 cm³/mol. The second-order valence-corrected chi connectivity index (χ2v) is 8.24. The van der Waals surface area contributed by atoms with Crippen molar-refractivity contribution in [3.8, 4) is 10.8 Å². The number of amides is 2. The lowest BCUT2D eigenvalue weighted by Gasteiger charge is -2.36. The van der Waals surface area contributed by atoms with Crippen LogP contribution >= 0.6 is 11.5 Å². The molecule has 0 bridgehead atoms. The van der Waals surface area contributed by atoms with Crippen molar-refractivity contribution < 1.29 is 18.7 Å². The zero-order valence-electron chi connectivity index (χ0n) is 17.4. The van der Waals surface area contributed by atoms with Crippen LogP contribution in [0.25, 0.3) is 10.8 Å². The van der Waals surface area contributed by atoms with Crippen LogP contribution in [-0.2, 0) is 11.3 Å². The zero-order chi connectivity index (χ0) is 22.4. The topological polar surface area (TPSA) is 93.5 Å². The van der Waals surface area contributed by atoms with Crippen LogP contribution in [0.2, 0.25) is 0 Å². The van der Waals surface area contributed by atoms with Gasteiger partial charge in [0.05, 0.1) is 24.5 Å². The molecular formula is C21H19FN6O3S. The van der Waals surface area contributed by atoms with Crippen molar-refractivity contribution in [3.05, 3.63) is 59.5 Å². The van der Waals surface area contributed by atoms with Gasteiger partial charge in [-0.05, 0) is 55.7 Å². The largest absolute Gasteiger partial charge is 0.420 e. The fraction of sp³-hybridized carbons (Fsp3) is 0.286. The van der Waals surface area contributed by atoms with Gasteiger partial charge in [0.15, 0.2) is 16.6 Å². The molecular weight excluding hydrogens is 435 g/mol. The molecule has 1 atom stereocenters. The summed E-state index contributed by atoms with van der Waals surface area (Å²) in [7, 11) is 0. The first-order valence-electron chi connectivity index (χ1n) is 10.0. The summed E-state index contributed by atoms with van der Waals surface area (Å²) < 4.78 is 24.6. The first-order chi connectivity index (χ1) is 15.4. The molecule has 11 heteroatoms. The van der Waals surface area contributed by atoms with E-state index in [9.17, 15) is 14.0 Å². The number of nitrogens with zero attached hydrogens (tertiary/aromatic N) is 6. The maximum Gasteiger partial charge on any atom is 0.420 e. The van der Waals surface area contributed by atoms with E-state index in [-0.39, 0.29) is 5.91 Å². The highest BCUT2D eigenvalue weighted by Crippen LogP contribution is 2.39. The summed E-state index contributed by atoms with van der Waals surface area (Å²) in [5.74, 6) is 1.05. The number of hydrogen-bond donors (Lipinski definition) is 0. The van der Waals surface area contributed by atoms with Crippen LogP contribution in [0.1, 0.15) is 34.8 Å². The van der Waals surface area contributed by atoms with Gasteiger partial charge in [-0.2, -0.15) is 4.37 Å². The molecule has 0 radical (unpaired) electrons. The van der Waals surface area contributed by atoms with Gasteiger partial charge in [-0.1, -0.05) is 0 Å². The minimum absolute atomic E-state index is 0.217. The van der Waals surface area contributed by atoms with Gasteiger partial charge in [-0.15, -0.1) is 0 Å². The van der Waals surface area contributed by atoms with E-state index in [2.05, 4.69) is 9.36 Å². The Hall–Kier alpha value is -3.60. The van der Waals surface area contributed by atoms with Crippen molar-refractivity contribution >= 4 is 29.4 Å².